The molecule has 0 bridgehead atoms. The molecule has 0 unspecified atom stereocenters. The van der Waals surface area contributed by atoms with E-state index in [1.165, 1.54) is 38.2 Å². The predicted octanol–water partition coefficient (Wildman–Crippen LogP) is 2.38. The fourth-order valence-corrected chi connectivity index (χ4v) is 1.86. The molecule has 1 saturated carbocycles. The van der Waals surface area contributed by atoms with Crippen LogP contribution in [0.25, 0.3) is 0 Å². The minimum Gasteiger partial charge on any atom is -0.496 e. The molecule has 1 aromatic rings. The highest BCUT2D eigenvalue weighted by atomic mass is 19.1. The number of halogens is 1. The van der Waals surface area contributed by atoms with Gasteiger partial charge in [-0.3, -0.25) is 4.79 Å². The molecule has 0 spiro atoms. The topological polar surface area (TPSA) is 47.6 Å². The number of nitrogens with one attached hydrogen (secondary N) is 1. The van der Waals surface area contributed by atoms with Crippen LogP contribution in [0.3, 0.4) is 0 Å². The summed E-state index contributed by atoms with van der Waals surface area (Å²) in [5.74, 6) is 0.335. The molecule has 1 amide bonds. The van der Waals surface area contributed by atoms with Gasteiger partial charge < -0.3 is 14.8 Å². The van der Waals surface area contributed by atoms with Crippen LogP contribution in [0.2, 0.25) is 0 Å². The van der Waals surface area contributed by atoms with Crippen LogP contribution in [0.15, 0.2) is 18.2 Å². The van der Waals surface area contributed by atoms with Crippen LogP contribution in [0.5, 0.6) is 5.75 Å². The molecule has 1 aromatic carbocycles. The average Bonchev–Trinajstić information content (AvgIpc) is 3.26. The van der Waals surface area contributed by atoms with Crippen molar-refractivity contribution < 1.29 is 18.7 Å². The molecule has 110 valence electrons. The van der Waals surface area contributed by atoms with E-state index in [0.29, 0.717) is 18.9 Å². The van der Waals surface area contributed by atoms with Crippen LogP contribution in [0, 0.1) is 11.7 Å². The van der Waals surface area contributed by atoms with Gasteiger partial charge in [-0.15, -0.1) is 0 Å². The first kappa shape index (κ1) is 14.8. The Morgan fingerprint density at radius 3 is 2.95 bits per heavy atom. The van der Waals surface area contributed by atoms with Gasteiger partial charge in [-0.05, 0) is 43.4 Å². The molecule has 2 rings (SSSR count). The van der Waals surface area contributed by atoms with E-state index in [4.69, 9.17) is 9.47 Å². The van der Waals surface area contributed by atoms with Crippen LogP contribution in [-0.2, 0) is 4.74 Å². The number of hydrogen-bond acceptors (Lipinski definition) is 3. The highest BCUT2D eigenvalue weighted by Crippen LogP contribution is 2.28. The van der Waals surface area contributed by atoms with E-state index in [0.717, 1.165) is 18.9 Å². The van der Waals surface area contributed by atoms with Gasteiger partial charge in [-0.1, -0.05) is 0 Å². The zero-order chi connectivity index (χ0) is 14.4. The number of carbonyl (C=O) groups is 1. The number of methoxy groups -OCH3 is 1. The van der Waals surface area contributed by atoms with E-state index in [9.17, 15) is 9.18 Å². The Hall–Kier alpha value is -1.62. The first-order valence-electron chi connectivity index (χ1n) is 6.90. The molecule has 0 atom stereocenters. The van der Waals surface area contributed by atoms with Crippen molar-refractivity contribution in [2.75, 3.05) is 26.9 Å². The van der Waals surface area contributed by atoms with Crippen LogP contribution in [0.1, 0.15) is 29.6 Å². The molecule has 0 radical (unpaired) electrons. The number of ether oxygens (including phenoxy) is 2. The van der Waals surface area contributed by atoms with Crippen molar-refractivity contribution in [3.63, 3.8) is 0 Å². The monoisotopic (exact) mass is 281 g/mol. The first-order valence-corrected chi connectivity index (χ1v) is 6.90. The average molecular weight is 281 g/mol. The molecule has 1 aliphatic carbocycles. The van der Waals surface area contributed by atoms with Gasteiger partial charge >= 0.3 is 0 Å². The lowest BCUT2D eigenvalue weighted by molar-refractivity contribution is 0.0934. The smallest absolute Gasteiger partial charge is 0.255 e. The third-order valence-electron chi connectivity index (χ3n) is 3.21. The highest BCUT2D eigenvalue weighted by molar-refractivity contribution is 5.96. The summed E-state index contributed by atoms with van der Waals surface area (Å²) in [6.07, 6.45) is 3.29. The Labute approximate surface area is 118 Å². The van der Waals surface area contributed by atoms with E-state index in [2.05, 4.69) is 5.32 Å². The van der Waals surface area contributed by atoms with Crippen LogP contribution >= 0.6 is 0 Å². The number of amides is 1. The van der Waals surface area contributed by atoms with Gasteiger partial charge in [-0.25, -0.2) is 4.39 Å². The van der Waals surface area contributed by atoms with E-state index < -0.39 is 5.82 Å². The second kappa shape index (κ2) is 7.24. The van der Waals surface area contributed by atoms with Crippen molar-refractivity contribution in [3.8, 4) is 5.75 Å². The van der Waals surface area contributed by atoms with E-state index in [-0.39, 0.29) is 11.5 Å². The summed E-state index contributed by atoms with van der Waals surface area (Å²) in [5.41, 5.74) is 0.214. The maximum Gasteiger partial charge on any atom is 0.255 e. The van der Waals surface area contributed by atoms with Crippen molar-refractivity contribution in [2.24, 2.45) is 5.92 Å². The molecule has 0 heterocycles. The highest BCUT2D eigenvalue weighted by Gasteiger charge is 2.20. The molecular weight excluding hydrogens is 261 g/mol. The second-order valence-corrected chi connectivity index (χ2v) is 4.97. The van der Waals surface area contributed by atoms with Gasteiger partial charge in [0.15, 0.2) is 0 Å². The lowest BCUT2D eigenvalue weighted by Gasteiger charge is -2.09. The molecule has 0 aromatic heterocycles. The molecule has 0 saturated heterocycles. The van der Waals surface area contributed by atoms with Crippen LogP contribution in [-0.4, -0.2) is 32.8 Å². The summed E-state index contributed by atoms with van der Waals surface area (Å²) in [6.45, 7) is 1.96. The minimum absolute atomic E-state index is 0.214. The lowest BCUT2D eigenvalue weighted by Crippen LogP contribution is -2.26. The van der Waals surface area contributed by atoms with Crippen LogP contribution in [0.4, 0.5) is 4.39 Å². The van der Waals surface area contributed by atoms with Crippen molar-refractivity contribution >= 4 is 5.91 Å². The fourth-order valence-electron chi connectivity index (χ4n) is 1.86. The summed E-state index contributed by atoms with van der Waals surface area (Å²) in [6, 6.07) is 3.89. The maximum absolute atomic E-state index is 13.2. The molecule has 1 aliphatic rings. The standard InChI is InChI=1S/C15H20FNO3/c1-19-14-6-5-12(16)9-13(14)15(18)17-7-2-8-20-10-11-3-4-11/h5-6,9,11H,2-4,7-8,10H2,1H3,(H,17,18). The number of benzene rings is 1. The summed E-state index contributed by atoms with van der Waals surface area (Å²) in [4.78, 5) is 11.9. The number of hydrogen-bond donors (Lipinski definition) is 1. The quantitative estimate of drug-likeness (QED) is 0.744. The third-order valence-corrected chi connectivity index (χ3v) is 3.21. The molecule has 5 heteroatoms. The van der Waals surface area contributed by atoms with Crippen molar-refractivity contribution in [1.82, 2.24) is 5.32 Å². The van der Waals surface area contributed by atoms with E-state index in [1.54, 1.807) is 0 Å². The van der Waals surface area contributed by atoms with E-state index in [1.807, 2.05) is 0 Å². The first-order chi connectivity index (χ1) is 9.70. The van der Waals surface area contributed by atoms with E-state index >= 15 is 0 Å². The molecule has 4 nitrogen and oxygen atoms in total. The minimum atomic E-state index is -0.455. The summed E-state index contributed by atoms with van der Waals surface area (Å²) in [5, 5.41) is 2.74. The van der Waals surface area contributed by atoms with Gasteiger partial charge in [0.2, 0.25) is 0 Å². The van der Waals surface area contributed by atoms with Crippen molar-refractivity contribution in [3.05, 3.63) is 29.6 Å². The van der Waals surface area contributed by atoms with Crippen molar-refractivity contribution in [1.29, 1.82) is 0 Å². The van der Waals surface area contributed by atoms with Gasteiger partial charge in [-0.2, -0.15) is 0 Å². The molecule has 1 N–H and O–H groups in total. The summed E-state index contributed by atoms with van der Waals surface area (Å²) >= 11 is 0. The lowest BCUT2D eigenvalue weighted by atomic mass is 10.2. The number of carbonyl (C=O) groups excluding carboxylic acids is 1. The number of rotatable bonds is 8. The Morgan fingerprint density at radius 1 is 1.45 bits per heavy atom. The molecular formula is C15H20FNO3. The Morgan fingerprint density at radius 2 is 2.25 bits per heavy atom. The normalized spacial score (nSPS) is 14.1. The van der Waals surface area contributed by atoms with Crippen LogP contribution < -0.4 is 10.1 Å². The zero-order valence-electron chi connectivity index (χ0n) is 11.7. The Kier molecular flexibility index (Phi) is 5.35. The summed E-state index contributed by atoms with van der Waals surface area (Å²) in [7, 11) is 1.45. The molecule has 1 fully saturated rings. The fraction of sp³-hybridized carbons (Fsp3) is 0.533. The van der Waals surface area contributed by atoms with Gasteiger partial charge in [0.05, 0.1) is 12.7 Å². The SMILES string of the molecule is COc1ccc(F)cc1C(=O)NCCCOCC1CC1. The largest absolute Gasteiger partial charge is 0.496 e. The molecule has 20 heavy (non-hydrogen) atoms. The van der Waals surface area contributed by atoms with Crippen molar-refractivity contribution in [2.45, 2.75) is 19.3 Å². The Balaban J connectivity index is 1.71. The molecule has 0 aliphatic heterocycles. The third kappa shape index (κ3) is 4.49. The zero-order valence-corrected chi connectivity index (χ0v) is 11.7. The second-order valence-electron chi connectivity index (χ2n) is 4.97. The van der Waals surface area contributed by atoms with Gasteiger partial charge in [0.1, 0.15) is 11.6 Å². The van der Waals surface area contributed by atoms with Gasteiger partial charge in [0, 0.05) is 19.8 Å². The van der Waals surface area contributed by atoms with Gasteiger partial charge in [0.25, 0.3) is 5.91 Å². The Bertz CT molecular complexity index is 460. The summed E-state index contributed by atoms with van der Waals surface area (Å²) < 4.78 is 23.7. The predicted molar refractivity (Wildman–Crippen MR) is 73.4 cm³/mol. The maximum atomic E-state index is 13.2.